The normalized spacial score (nSPS) is 19.3. The van der Waals surface area contributed by atoms with Crippen molar-refractivity contribution in [2.45, 2.75) is 25.3 Å². The van der Waals surface area contributed by atoms with Crippen LogP contribution in [-0.4, -0.2) is 17.6 Å². The molecule has 0 radical (unpaired) electrons. The van der Waals surface area contributed by atoms with E-state index in [9.17, 15) is 4.39 Å². The number of nitrogens with one attached hydrogen (secondary N) is 1. The summed E-state index contributed by atoms with van der Waals surface area (Å²) in [4.78, 5) is 4.60. The first kappa shape index (κ1) is 11.8. The third-order valence-electron chi connectivity index (χ3n) is 3.24. The van der Waals surface area contributed by atoms with Crippen molar-refractivity contribution in [2.75, 3.05) is 6.54 Å². The van der Waals surface area contributed by atoms with Gasteiger partial charge in [-0.1, -0.05) is 12.1 Å². The van der Waals surface area contributed by atoms with Crippen molar-refractivity contribution in [3.05, 3.63) is 41.2 Å². The molecule has 0 saturated carbocycles. The number of nitrogens with zero attached hydrogens (tertiary/aromatic N) is 1. The van der Waals surface area contributed by atoms with Gasteiger partial charge in [-0.25, -0.2) is 9.37 Å². The first-order chi connectivity index (χ1) is 8.81. The molecule has 1 saturated heterocycles. The Kier molecular flexibility index (Phi) is 3.39. The maximum Gasteiger partial charge on any atom is 0.123 e. The van der Waals surface area contributed by atoms with Gasteiger partial charge < -0.3 is 5.32 Å². The Hall–Kier alpha value is -1.26. The Morgan fingerprint density at radius 3 is 3.17 bits per heavy atom. The molecule has 3 rings (SSSR count). The summed E-state index contributed by atoms with van der Waals surface area (Å²) in [6, 6.07) is 7.19. The molecule has 1 unspecified atom stereocenters. The van der Waals surface area contributed by atoms with E-state index in [1.807, 2.05) is 6.07 Å². The summed E-state index contributed by atoms with van der Waals surface area (Å²) in [7, 11) is 0. The van der Waals surface area contributed by atoms with Crippen LogP contribution in [0.4, 0.5) is 4.39 Å². The summed E-state index contributed by atoms with van der Waals surface area (Å²) in [5.74, 6) is -0.207. The van der Waals surface area contributed by atoms with Crippen molar-refractivity contribution in [3.63, 3.8) is 0 Å². The molecule has 2 heterocycles. The minimum atomic E-state index is -0.207. The van der Waals surface area contributed by atoms with Crippen LogP contribution < -0.4 is 5.32 Å². The predicted octanol–water partition coefficient (Wildman–Crippen LogP) is 3.24. The molecule has 2 aromatic rings. The summed E-state index contributed by atoms with van der Waals surface area (Å²) >= 11 is 1.59. The van der Waals surface area contributed by atoms with Gasteiger partial charge in [0.1, 0.15) is 10.8 Å². The fourth-order valence-electron chi connectivity index (χ4n) is 2.34. The van der Waals surface area contributed by atoms with Crippen LogP contribution in [0.15, 0.2) is 29.6 Å². The van der Waals surface area contributed by atoms with E-state index in [4.69, 9.17) is 0 Å². The van der Waals surface area contributed by atoms with E-state index in [0.717, 1.165) is 29.2 Å². The zero-order valence-electron chi connectivity index (χ0n) is 10.0. The molecule has 18 heavy (non-hydrogen) atoms. The molecule has 94 valence electrons. The molecule has 1 aromatic heterocycles. The fraction of sp³-hybridized carbons (Fsp3) is 0.357. The number of aromatic nitrogens is 1. The lowest BCUT2D eigenvalue weighted by atomic mass is 10.1. The second-order valence-electron chi connectivity index (χ2n) is 4.65. The van der Waals surface area contributed by atoms with Crippen LogP contribution >= 0.6 is 11.3 Å². The molecule has 2 nitrogen and oxygen atoms in total. The minimum Gasteiger partial charge on any atom is -0.314 e. The monoisotopic (exact) mass is 262 g/mol. The van der Waals surface area contributed by atoms with Crippen LogP contribution in [0.5, 0.6) is 0 Å². The summed E-state index contributed by atoms with van der Waals surface area (Å²) in [5.41, 5.74) is 1.98. The van der Waals surface area contributed by atoms with E-state index in [2.05, 4.69) is 15.7 Å². The lowest BCUT2D eigenvalue weighted by molar-refractivity contribution is 0.597. The molecule has 1 aliphatic rings. The van der Waals surface area contributed by atoms with Crippen LogP contribution in [-0.2, 0) is 6.42 Å². The Bertz CT molecular complexity index is 532. The maximum absolute atomic E-state index is 13.2. The van der Waals surface area contributed by atoms with Crippen LogP contribution in [0.2, 0.25) is 0 Å². The molecule has 1 aliphatic heterocycles. The van der Waals surface area contributed by atoms with Crippen molar-refractivity contribution in [3.8, 4) is 10.6 Å². The van der Waals surface area contributed by atoms with Crippen LogP contribution in [0.25, 0.3) is 10.6 Å². The first-order valence-corrected chi connectivity index (χ1v) is 7.13. The molecule has 0 amide bonds. The number of hydrogen-bond acceptors (Lipinski definition) is 3. The van der Waals surface area contributed by atoms with E-state index >= 15 is 0 Å². The van der Waals surface area contributed by atoms with Gasteiger partial charge in [0.05, 0.1) is 5.69 Å². The SMILES string of the molecule is Fc1cccc(-c2nc(CC3CCCN3)cs2)c1. The van der Waals surface area contributed by atoms with Gasteiger partial charge in [0.25, 0.3) is 0 Å². The molecular formula is C14H15FN2S. The van der Waals surface area contributed by atoms with Gasteiger partial charge in [-0.2, -0.15) is 0 Å². The van der Waals surface area contributed by atoms with E-state index in [1.165, 1.54) is 25.0 Å². The molecule has 1 aromatic carbocycles. The van der Waals surface area contributed by atoms with E-state index in [0.29, 0.717) is 6.04 Å². The van der Waals surface area contributed by atoms with Crippen LogP contribution in [0.3, 0.4) is 0 Å². The summed E-state index contributed by atoms with van der Waals surface area (Å²) in [6.07, 6.45) is 3.46. The van der Waals surface area contributed by atoms with Crippen molar-refractivity contribution < 1.29 is 4.39 Å². The second-order valence-corrected chi connectivity index (χ2v) is 5.51. The molecule has 4 heteroatoms. The standard InChI is InChI=1S/C14H15FN2S/c15-11-4-1-3-10(7-11)14-17-13(9-18-14)8-12-5-2-6-16-12/h1,3-4,7,9,12,16H,2,5-6,8H2. The van der Waals surface area contributed by atoms with Gasteiger partial charge in [0.2, 0.25) is 0 Å². The quantitative estimate of drug-likeness (QED) is 0.918. The highest BCUT2D eigenvalue weighted by atomic mass is 32.1. The number of rotatable bonds is 3. The molecule has 0 aliphatic carbocycles. The van der Waals surface area contributed by atoms with Crippen molar-refractivity contribution in [1.29, 1.82) is 0 Å². The smallest absolute Gasteiger partial charge is 0.123 e. The van der Waals surface area contributed by atoms with Crippen molar-refractivity contribution in [2.24, 2.45) is 0 Å². The molecular weight excluding hydrogens is 247 g/mol. The number of thiazole rings is 1. The summed E-state index contributed by atoms with van der Waals surface area (Å²) in [5, 5.41) is 6.46. The largest absolute Gasteiger partial charge is 0.314 e. The lowest BCUT2D eigenvalue weighted by Gasteiger charge is -2.06. The fourth-order valence-corrected chi connectivity index (χ4v) is 3.17. The Labute approximate surface area is 110 Å². The van der Waals surface area contributed by atoms with Gasteiger partial charge in [-0.15, -0.1) is 11.3 Å². The van der Waals surface area contributed by atoms with Gasteiger partial charge >= 0.3 is 0 Å². The first-order valence-electron chi connectivity index (χ1n) is 6.25. The maximum atomic E-state index is 13.2. The molecule has 0 bridgehead atoms. The molecule has 1 fully saturated rings. The Morgan fingerprint density at radius 2 is 2.39 bits per heavy atom. The lowest BCUT2D eigenvalue weighted by Crippen LogP contribution is -2.23. The van der Waals surface area contributed by atoms with Crippen molar-refractivity contribution in [1.82, 2.24) is 10.3 Å². The highest BCUT2D eigenvalue weighted by Crippen LogP contribution is 2.25. The Balaban J connectivity index is 1.76. The van der Waals surface area contributed by atoms with Gasteiger partial charge in [-0.3, -0.25) is 0 Å². The molecule has 0 spiro atoms. The molecule has 1 atom stereocenters. The zero-order chi connectivity index (χ0) is 12.4. The van der Waals surface area contributed by atoms with Crippen LogP contribution in [0.1, 0.15) is 18.5 Å². The third kappa shape index (κ3) is 2.60. The number of benzene rings is 1. The summed E-state index contributed by atoms with van der Waals surface area (Å²) in [6.45, 7) is 1.12. The Morgan fingerprint density at radius 1 is 1.44 bits per heavy atom. The van der Waals surface area contributed by atoms with Crippen LogP contribution in [0, 0.1) is 5.82 Å². The van der Waals surface area contributed by atoms with Gasteiger partial charge in [0.15, 0.2) is 0 Å². The number of halogens is 1. The number of hydrogen-bond donors (Lipinski definition) is 1. The third-order valence-corrected chi connectivity index (χ3v) is 4.18. The zero-order valence-corrected chi connectivity index (χ0v) is 10.8. The second kappa shape index (κ2) is 5.16. The van der Waals surface area contributed by atoms with E-state index in [1.54, 1.807) is 17.4 Å². The average Bonchev–Trinajstić information content (AvgIpc) is 3.01. The highest BCUT2D eigenvalue weighted by Gasteiger charge is 2.16. The van der Waals surface area contributed by atoms with E-state index < -0.39 is 0 Å². The summed E-state index contributed by atoms with van der Waals surface area (Å²) < 4.78 is 13.2. The van der Waals surface area contributed by atoms with Gasteiger partial charge in [0, 0.05) is 23.4 Å². The highest BCUT2D eigenvalue weighted by molar-refractivity contribution is 7.13. The van der Waals surface area contributed by atoms with E-state index in [-0.39, 0.29) is 5.82 Å². The van der Waals surface area contributed by atoms with Gasteiger partial charge in [-0.05, 0) is 31.5 Å². The van der Waals surface area contributed by atoms with Crippen molar-refractivity contribution >= 4 is 11.3 Å². The topological polar surface area (TPSA) is 24.9 Å². The minimum absolute atomic E-state index is 0.207. The predicted molar refractivity (Wildman–Crippen MR) is 72.2 cm³/mol. The molecule has 1 N–H and O–H groups in total. The average molecular weight is 262 g/mol.